The molecular formula is C24H29Cl2N3O. The molecule has 2 aliphatic rings. The first kappa shape index (κ1) is 21.3. The van der Waals surface area contributed by atoms with Gasteiger partial charge in [0.25, 0.3) is 0 Å². The van der Waals surface area contributed by atoms with Gasteiger partial charge in [-0.25, -0.2) is 4.79 Å². The lowest BCUT2D eigenvalue weighted by Crippen LogP contribution is -2.41. The van der Waals surface area contributed by atoms with Crippen molar-refractivity contribution in [3.05, 3.63) is 57.6 Å². The molecule has 2 aromatic rings. The van der Waals surface area contributed by atoms with Gasteiger partial charge in [-0.15, -0.1) is 0 Å². The maximum Gasteiger partial charge on any atom is 0.322 e. The molecule has 0 unspecified atom stereocenters. The van der Waals surface area contributed by atoms with Crippen LogP contribution in [0.4, 0.5) is 16.2 Å². The molecule has 4 rings (SSSR count). The van der Waals surface area contributed by atoms with Crippen molar-refractivity contribution >= 4 is 40.6 Å². The van der Waals surface area contributed by atoms with Gasteiger partial charge in [-0.2, -0.15) is 0 Å². The highest BCUT2D eigenvalue weighted by Crippen LogP contribution is 2.31. The smallest absolute Gasteiger partial charge is 0.322 e. The van der Waals surface area contributed by atoms with E-state index in [4.69, 9.17) is 23.2 Å². The van der Waals surface area contributed by atoms with Crippen LogP contribution in [0.15, 0.2) is 36.4 Å². The van der Waals surface area contributed by atoms with Gasteiger partial charge in [-0.05, 0) is 68.0 Å². The average molecular weight is 446 g/mol. The molecule has 0 aromatic heterocycles. The number of aryl methyl sites for hydroxylation is 1. The monoisotopic (exact) mass is 445 g/mol. The molecule has 1 aliphatic heterocycles. The first-order valence-corrected chi connectivity index (χ1v) is 11.7. The Morgan fingerprint density at radius 3 is 2.63 bits per heavy atom. The van der Waals surface area contributed by atoms with Gasteiger partial charge in [-0.1, -0.05) is 48.2 Å². The molecule has 1 fully saturated rings. The third kappa shape index (κ3) is 4.70. The predicted octanol–water partition coefficient (Wildman–Crippen LogP) is 6.74. The van der Waals surface area contributed by atoms with E-state index in [-0.39, 0.29) is 12.1 Å². The van der Waals surface area contributed by atoms with Crippen molar-refractivity contribution in [1.29, 1.82) is 0 Å². The Balaban J connectivity index is 1.54. The number of halogens is 2. The van der Waals surface area contributed by atoms with E-state index in [0.29, 0.717) is 22.3 Å². The van der Waals surface area contributed by atoms with Gasteiger partial charge in [-0.3, -0.25) is 0 Å². The third-order valence-electron chi connectivity index (χ3n) is 6.29. The number of carbonyl (C=O) groups is 1. The lowest BCUT2D eigenvalue weighted by molar-refractivity contribution is 0.184. The number of anilines is 2. The van der Waals surface area contributed by atoms with E-state index in [9.17, 15) is 4.79 Å². The Labute approximate surface area is 189 Å². The number of fused-ring (bicyclic) bond motifs is 1. The standard InChI is InChI=1S/C24H29Cl2N3O/c1-2-28-13-5-6-18-14-17(9-12-23(18)28)16-29(20-7-3-4-8-20)24(30)27-19-10-11-21(25)22(26)15-19/h9-12,14-15,20H,2-8,13,16H2,1H3,(H,27,30). The lowest BCUT2D eigenvalue weighted by atomic mass is 9.98. The summed E-state index contributed by atoms with van der Waals surface area (Å²) in [4.78, 5) is 17.7. The summed E-state index contributed by atoms with van der Waals surface area (Å²) >= 11 is 12.1. The lowest BCUT2D eigenvalue weighted by Gasteiger charge is -2.32. The minimum atomic E-state index is -0.0757. The molecule has 1 aliphatic carbocycles. The number of amides is 2. The summed E-state index contributed by atoms with van der Waals surface area (Å²) in [6.45, 7) is 4.99. The quantitative estimate of drug-likeness (QED) is 0.552. The molecule has 30 heavy (non-hydrogen) atoms. The molecule has 0 atom stereocenters. The number of nitrogens with zero attached hydrogens (tertiary/aromatic N) is 2. The maximum absolute atomic E-state index is 13.2. The molecule has 0 radical (unpaired) electrons. The number of benzene rings is 2. The van der Waals surface area contributed by atoms with E-state index in [2.05, 4.69) is 35.3 Å². The number of hydrogen-bond acceptors (Lipinski definition) is 2. The molecular weight excluding hydrogens is 417 g/mol. The maximum atomic E-state index is 13.2. The highest BCUT2D eigenvalue weighted by molar-refractivity contribution is 6.42. The van der Waals surface area contributed by atoms with E-state index in [0.717, 1.165) is 32.4 Å². The summed E-state index contributed by atoms with van der Waals surface area (Å²) in [6.07, 6.45) is 6.77. The SMILES string of the molecule is CCN1CCCc2cc(CN(C(=O)Nc3ccc(Cl)c(Cl)c3)C3CCCC3)ccc21. The van der Waals surface area contributed by atoms with Crippen LogP contribution in [0.2, 0.25) is 10.0 Å². The van der Waals surface area contributed by atoms with Crippen LogP contribution in [0.5, 0.6) is 0 Å². The second-order valence-corrected chi connectivity index (χ2v) is 9.09. The second-order valence-electron chi connectivity index (χ2n) is 8.27. The van der Waals surface area contributed by atoms with E-state index < -0.39 is 0 Å². The first-order chi connectivity index (χ1) is 14.5. The van der Waals surface area contributed by atoms with Crippen molar-refractivity contribution in [2.24, 2.45) is 0 Å². The van der Waals surface area contributed by atoms with Crippen molar-refractivity contribution in [3.8, 4) is 0 Å². The van der Waals surface area contributed by atoms with Gasteiger partial charge >= 0.3 is 6.03 Å². The first-order valence-electron chi connectivity index (χ1n) is 10.9. The van der Waals surface area contributed by atoms with Crippen LogP contribution in [-0.4, -0.2) is 30.1 Å². The zero-order valence-corrected chi connectivity index (χ0v) is 19.0. The summed E-state index contributed by atoms with van der Waals surface area (Å²) < 4.78 is 0. The van der Waals surface area contributed by atoms with E-state index in [1.807, 2.05) is 4.90 Å². The molecule has 160 valence electrons. The topological polar surface area (TPSA) is 35.6 Å². The van der Waals surface area contributed by atoms with Gasteiger partial charge in [0.1, 0.15) is 0 Å². The van der Waals surface area contributed by atoms with Gasteiger partial charge in [0, 0.05) is 37.1 Å². The molecule has 0 bridgehead atoms. The van der Waals surface area contributed by atoms with Gasteiger partial charge in [0.05, 0.1) is 10.0 Å². The summed E-state index contributed by atoms with van der Waals surface area (Å²) in [7, 11) is 0. The van der Waals surface area contributed by atoms with Crippen molar-refractivity contribution in [3.63, 3.8) is 0 Å². The Bertz CT molecular complexity index is 911. The van der Waals surface area contributed by atoms with Crippen LogP contribution < -0.4 is 10.2 Å². The zero-order valence-electron chi connectivity index (χ0n) is 17.5. The van der Waals surface area contributed by atoms with Crippen LogP contribution >= 0.6 is 23.2 Å². The number of rotatable bonds is 5. The van der Waals surface area contributed by atoms with Crippen LogP contribution in [0.3, 0.4) is 0 Å². The summed E-state index contributed by atoms with van der Waals surface area (Å²) in [5.41, 5.74) is 4.61. The van der Waals surface area contributed by atoms with E-state index >= 15 is 0 Å². The zero-order chi connectivity index (χ0) is 21.1. The van der Waals surface area contributed by atoms with Crippen molar-refractivity contribution in [2.75, 3.05) is 23.3 Å². The van der Waals surface area contributed by atoms with E-state index in [1.54, 1.807) is 18.2 Å². The van der Waals surface area contributed by atoms with Gasteiger partial charge in [0.15, 0.2) is 0 Å². The Morgan fingerprint density at radius 2 is 1.90 bits per heavy atom. The number of nitrogens with one attached hydrogen (secondary N) is 1. The minimum absolute atomic E-state index is 0.0757. The molecule has 6 heteroatoms. The molecule has 1 saturated carbocycles. The van der Waals surface area contributed by atoms with Gasteiger partial charge < -0.3 is 15.1 Å². The molecule has 2 amide bonds. The summed E-state index contributed by atoms with van der Waals surface area (Å²) in [5, 5.41) is 3.95. The number of urea groups is 1. The Morgan fingerprint density at radius 1 is 1.10 bits per heavy atom. The normalized spacial score (nSPS) is 16.4. The highest BCUT2D eigenvalue weighted by Gasteiger charge is 2.27. The van der Waals surface area contributed by atoms with Crippen LogP contribution in [0, 0.1) is 0 Å². The summed E-state index contributed by atoms with van der Waals surface area (Å²) in [5.74, 6) is 0. The largest absolute Gasteiger partial charge is 0.372 e. The molecule has 0 spiro atoms. The molecule has 0 saturated heterocycles. The highest BCUT2D eigenvalue weighted by atomic mass is 35.5. The predicted molar refractivity (Wildman–Crippen MR) is 126 cm³/mol. The van der Waals surface area contributed by atoms with Gasteiger partial charge in [0.2, 0.25) is 0 Å². The van der Waals surface area contributed by atoms with Crippen molar-refractivity contribution < 1.29 is 4.79 Å². The fourth-order valence-electron chi connectivity index (χ4n) is 4.70. The number of hydrogen-bond donors (Lipinski definition) is 1. The van der Waals surface area contributed by atoms with Crippen LogP contribution in [0.1, 0.15) is 50.2 Å². The molecule has 1 N–H and O–H groups in total. The fourth-order valence-corrected chi connectivity index (χ4v) is 5.00. The van der Waals surface area contributed by atoms with Crippen LogP contribution in [0.25, 0.3) is 0 Å². The third-order valence-corrected chi connectivity index (χ3v) is 7.03. The summed E-state index contributed by atoms with van der Waals surface area (Å²) in [6, 6.07) is 12.1. The average Bonchev–Trinajstić information content (AvgIpc) is 3.28. The fraction of sp³-hybridized carbons (Fsp3) is 0.458. The Kier molecular flexibility index (Phi) is 6.74. The number of carbonyl (C=O) groups excluding carboxylic acids is 1. The van der Waals surface area contributed by atoms with Crippen molar-refractivity contribution in [1.82, 2.24) is 4.90 Å². The van der Waals surface area contributed by atoms with Crippen LogP contribution in [-0.2, 0) is 13.0 Å². The Hall–Kier alpha value is -1.91. The molecule has 4 nitrogen and oxygen atoms in total. The molecule has 2 aromatic carbocycles. The second kappa shape index (κ2) is 9.49. The van der Waals surface area contributed by atoms with Crippen molar-refractivity contribution in [2.45, 2.75) is 58.0 Å². The minimum Gasteiger partial charge on any atom is -0.372 e. The van der Waals surface area contributed by atoms with E-state index in [1.165, 1.54) is 36.1 Å². The molecule has 1 heterocycles.